The molecule has 0 atom stereocenters. The highest BCUT2D eigenvalue weighted by atomic mass is 32.2. The van der Waals surface area contributed by atoms with E-state index in [1.165, 1.54) is 31.0 Å². The van der Waals surface area contributed by atoms with Crippen LogP contribution in [0.3, 0.4) is 0 Å². The van der Waals surface area contributed by atoms with Gasteiger partial charge in [0.25, 0.3) is 5.91 Å². The van der Waals surface area contributed by atoms with Gasteiger partial charge < -0.3 is 10.2 Å². The van der Waals surface area contributed by atoms with E-state index in [1.54, 1.807) is 0 Å². The molecule has 0 spiro atoms. The van der Waals surface area contributed by atoms with Crippen LogP contribution in [0.4, 0.5) is 0 Å². The summed E-state index contributed by atoms with van der Waals surface area (Å²) in [5.41, 5.74) is 1.14. The Labute approximate surface area is 170 Å². The van der Waals surface area contributed by atoms with Crippen LogP contribution in [0.2, 0.25) is 0 Å². The van der Waals surface area contributed by atoms with Crippen LogP contribution in [0, 0.1) is 17.8 Å². The lowest BCUT2D eigenvalue weighted by Crippen LogP contribution is -2.61. The average molecular weight is 398 g/mol. The van der Waals surface area contributed by atoms with Crippen molar-refractivity contribution < 1.29 is 9.59 Å². The first kappa shape index (κ1) is 18.2. The predicted molar refractivity (Wildman–Crippen MR) is 111 cm³/mol. The molecule has 0 radical (unpaired) electrons. The predicted octanol–water partition coefficient (Wildman–Crippen LogP) is 3.20. The molecule has 5 aliphatic rings. The van der Waals surface area contributed by atoms with Crippen LogP contribution in [-0.4, -0.2) is 39.7 Å². The van der Waals surface area contributed by atoms with Crippen molar-refractivity contribution in [2.45, 2.75) is 50.6 Å². The van der Waals surface area contributed by atoms with E-state index >= 15 is 0 Å². The normalized spacial score (nSPS) is 33.1. The summed E-state index contributed by atoms with van der Waals surface area (Å²) in [6, 6.07) is 10.1. The number of carbonyl (C=O) groups excluding carboxylic acids is 2. The Morgan fingerprint density at radius 1 is 1.11 bits per heavy atom. The Morgan fingerprint density at radius 2 is 1.75 bits per heavy atom. The van der Waals surface area contributed by atoms with Gasteiger partial charge in [-0.25, -0.2) is 0 Å². The first-order valence-corrected chi connectivity index (χ1v) is 11.4. The van der Waals surface area contributed by atoms with Crippen LogP contribution < -0.4 is 5.32 Å². The number of nitrogens with one attached hydrogen (secondary N) is 1. The zero-order valence-corrected chi connectivity index (χ0v) is 16.9. The quantitative estimate of drug-likeness (QED) is 0.829. The van der Waals surface area contributed by atoms with Gasteiger partial charge in [0.15, 0.2) is 5.17 Å². The number of rotatable bonds is 5. The molecule has 6 rings (SSSR count). The van der Waals surface area contributed by atoms with Gasteiger partial charge in [0.2, 0.25) is 5.91 Å². The van der Waals surface area contributed by atoms with Gasteiger partial charge in [-0.15, -0.1) is 0 Å². The van der Waals surface area contributed by atoms with E-state index in [4.69, 9.17) is 0 Å². The third-order valence-corrected chi connectivity index (χ3v) is 7.81. The van der Waals surface area contributed by atoms with Gasteiger partial charge in [-0.2, -0.15) is 4.99 Å². The summed E-state index contributed by atoms with van der Waals surface area (Å²) in [6.45, 7) is 0.851. The Balaban J connectivity index is 1.29. The van der Waals surface area contributed by atoms with E-state index in [1.807, 2.05) is 35.2 Å². The molecular formula is C22H27N3O2S. The fraction of sp³-hybridized carbons (Fsp3) is 0.591. The number of thioether (sulfide) groups is 1. The third-order valence-electron chi connectivity index (χ3n) is 6.81. The molecule has 28 heavy (non-hydrogen) atoms. The first-order valence-electron chi connectivity index (χ1n) is 10.4. The molecule has 4 fully saturated rings. The maximum Gasteiger partial charge on any atom is 0.258 e. The molecular weight excluding hydrogens is 370 g/mol. The smallest absolute Gasteiger partial charge is 0.258 e. The molecule has 1 aromatic rings. The average Bonchev–Trinajstić information content (AvgIpc) is 3.07. The maximum absolute atomic E-state index is 13.1. The van der Waals surface area contributed by atoms with Crippen LogP contribution in [0.5, 0.6) is 0 Å². The third kappa shape index (κ3) is 3.71. The number of carbonyl (C=O) groups is 2. The molecule has 4 saturated carbocycles. The van der Waals surface area contributed by atoms with Crippen LogP contribution in [0.1, 0.15) is 44.1 Å². The molecule has 0 saturated heterocycles. The Kier molecular flexibility index (Phi) is 4.69. The molecule has 5 nitrogen and oxygen atoms in total. The van der Waals surface area contributed by atoms with Crippen molar-refractivity contribution >= 4 is 28.7 Å². The molecule has 1 N–H and O–H groups in total. The van der Waals surface area contributed by atoms with Crippen molar-refractivity contribution in [3.8, 4) is 0 Å². The number of nitrogens with zero attached hydrogens (tertiary/aromatic N) is 2. The summed E-state index contributed by atoms with van der Waals surface area (Å²) < 4.78 is 0. The van der Waals surface area contributed by atoms with Crippen LogP contribution in [0.15, 0.2) is 35.3 Å². The van der Waals surface area contributed by atoms with Gasteiger partial charge in [0.05, 0.1) is 12.3 Å². The Morgan fingerprint density at radius 3 is 2.32 bits per heavy atom. The molecule has 148 valence electrons. The largest absolute Gasteiger partial charge is 0.349 e. The summed E-state index contributed by atoms with van der Waals surface area (Å²) in [4.78, 5) is 30.8. The summed E-state index contributed by atoms with van der Waals surface area (Å²) in [5.74, 6) is 2.75. The molecule has 1 aliphatic heterocycles. The molecule has 1 heterocycles. The molecule has 4 aliphatic carbocycles. The topological polar surface area (TPSA) is 61.8 Å². The maximum atomic E-state index is 13.1. The molecule has 6 heteroatoms. The summed E-state index contributed by atoms with van der Waals surface area (Å²) in [6.07, 6.45) is 7.55. The number of benzene rings is 1. The number of amidine groups is 1. The minimum absolute atomic E-state index is 0.0185. The Bertz CT molecular complexity index is 772. The van der Waals surface area contributed by atoms with E-state index in [9.17, 15) is 9.59 Å². The molecule has 0 aromatic heterocycles. The lowest BCUT2D eigenvalue weighted by molar-refractivity contribution is -0.127. The SMILES string of the molecule is O=C1CSC(N(CC(=O)NC23CC4CC(CC(C4)C2)C3)Cc2ccccc2)=N1. The fourth-order valence-corrected chi connectivity index (χ4v) is 7.02. The highest BCUT2D eigenvalue weighted by Gasteiger charge is 2.51. The van der Waals surface area contributed by atoms with Gasteiger partial charge in [-0.1, -0.05) is 42.1 Å². The summed E-state index contributed by atoms with van der Waals surface area (Å²) >= 11 is 1.44. The summed E-state index contributed by atoms with van der Waals surface area (Å²) in [7, 11) is 0. The van der Waals surface area contributed by atoms with E-state index in [2.05, 4.69) is 10.3 Å². The number of hydrogen-bond donors (Lipinski definition) is 1. The second kappa shape index (κ2) is 7.21. The van der Waals surface area contributed by atoms with Crippen molar-refractivity contribution in [2.75, 3.05) is 12.3 Å². The van der Waals surface area contributed by atoms with Gasteiger partial charge in [0.1, 0.15) is 0 Å². The second-order valence-corrected chi connectivity index (χ2v) is 10.1. The van der Waals surface area contributed by atoms with Crippen LogP contribution >= 0.6 is 11.8 Å². The molecule has 0 unspecified atom stereocenters. The minimum Gasteiger partial charge on any atom is -0.349 e. The molecule has 4 bridgehead atoms. The standard InChI is InChI=1S/C22H27N3O2S/c26-19(24-22-9-16-6-17(10-22)8-18(7-16)11-22)13-25(21-23-20(27)14-28-21)12-15-4-2-1-3-5-15/h1-5,16-18H,6-14H2,(H,24,26). The number of hydrogen-bond acceptors (Lipinski definition) is 4. The van der Waals surface area contributed by atoms with Crippen molar-refractivity contribution in [1.29, 1.82) is 0 Å². The van der Waals surface area contributed by atoms with E-state index in [0.717, 1.165) is 42.6 Å². The first-order chi connectivity index (χ1) is 13.6. The zero-order chi connectivity index (χ0) is 19.1. The lowest BCUT2D eigenvalue weighted by atomic mass is 9.53. The van der Waals surface area contributed by atoms with Crippen molar-refractivity contribution in [2.24, 2.45) is 22.7 Å². The van der Waals surface area contributed by atoms with Gasteiger partial charge >= 0.3 is 0 Å². The van der Waals surface area contributed by atoms with E-state index in [0.29, 0.717) is 17.5 Å². The van der Waals surface area contributed by atoms with Crippen molar-refractivity contribution in [3.63, 3.8) is 0 Å². The molecule has 2 amide bonds. The lowest BCUT2D eigenvalue weighted by Gasteiger charge is -2.57. The highest BCUT2D eigenvalue weighted by molar-refractivity contribution is 8.14. The van der Waals surface area contributed by atoms with Gasteiger partial charge in [0, 0.05) is 12.1 Å². The number of amides is 2. The van der Waals surface area contributed by atoms with Gasteiger partial charge in [-0.3, -0.25) is 9.59 Å². The zero-order valence-electron chi connectivity index (χ0n) is 16.1. The van der Waals surface area contributed by atoms with Crippen LogP contribution in [0.25, 0.3) is 0 Å². The van der Waals surface area contributed by atoms with E-state index < -0.39 is 0 Å². The van der Waals surface area contributed by atoms with Crippen molar-refractivity contribution in [1.82, 2.24) is 10.2 Å². The van der Waals surface area contributed by atoms with Crippen molar-refractivity contribution in [3.05, 3.63) is 35.9 Å². The Hall–Kier alpha value is -1.82. The number of aliphatic imine (C=N–C) groups is 1. The van der Waals surface area contributed by atoms with Crippen LogP contribution in [-0.2, 0) is 16.1 Å². The highest BCUT2D eigenvalue weighted by Crippen LogP contribution is 2.55. The fourth-order valence-electron chi connectivity index (χ4n) is 6.23. The minimum atomic E-state index is -0.112. The monoisotopic (exact) mass is 397 g/mol. The molecule has 1 aromatic carbocycles. The summed E-state index contributed by atoms with van der Waals surface area (Å²) in [5, 5.41) is 4.12. The van der Waals surface area contributed by atoms with E-state index in [-0.39, 0.29) is 23.9 Å². The van der Waals surface area contributed by atoms with Gasteiger partial charge in [-0.05, 0) is 61.8 Å². The second-order valence-electron chi connectivity index (χ2n) is 9.16.